The molecule has 0 spiro atoms. The predicted molar refractivity (Wildman–Crippen MR) is 49.9 cm³/mol. The molecule has 0 atom stereocenters. The summed E-state index contributed by atoms with van der Waals surface area (Å²) in [5.41, 5.74) is 1.52. The highest BCUT2D eigenvalue weighted by Gasteiger charge is 2.01. The summed E-state index contributed by atoms with van der Waals surface area (Å²) in [5.74, 6) is 0. The molecule has 0 bridgehead atoms. The van der Waals surface area contributed by atoms with Crippen LogP contribution in [0.4, 0.5) is 0 Å². The van der Waals surface area contributed by atoms with Gasteiger partial charge in [-0.3, -0.25) is 4.79 Å². The predicted octanol–water partition coefficient (Wildman–Crippen LogP) is 0.477. The van der Waals surface area contributed by atoms with Gasteiger partial charge in [0.1, 0.15) is 5.69 Å². The zero-order valence-corrected chi connectivity index (χ0v) is 7.79. The Bertz CT molecular complexity index is 443. The monoisotopic (exact) mass is 190 g/mol. The largest absolute Gasteiger partial charge is 0.336 e. The van der Waals surface area contributed by atoms with E-state index in [0.29, 0.717) is 12.2 Å². The molecule has 0 aliphatic carbocycles. The van der Waals surface area contributed by atoms with Crippen LogP contribution >= 0.6 is 0 Å². The van der Waals surface area contributed by atoms with E-state index in [0.717, 1.165) is 12.0 Å². The number of carbonyl (C=O) groups is 1. The molecule has 5 heteroatoms. The van der Waals surface area contributed by atoms with E-state index in [1.54, 1.807) is 25.0 Å². The van der Waals surface area contributed by atoms with Crippen molar-refractivity contribution in [2.45, 2.75) is 6.54 Å². The third-order valence-corrected chi connectivity index (χ3v) is 2.03. The highest BCUT2D eigenvalue weighted by molar-refractivity contribution is 5.70. The molecular formula is C9H10N4O. The number of hydrogen-bond donors (Lipinski definition) is 0. The van der Waals surface area contributed by atoms with Gasteiger partial charge < -0.3 is 9.13 Å². The molecule has 2 aromatic rings. The second kappa shape index (κ2) is 3.45. The Hall–Kier alpha value is -1.91. The van der Waals surface area contributed by atoms with Crippen LogP contribution < -0.4 is 0 Å². The van der Waals surface area contributed by atoms with Crippen molar-refractivity contribution in [1.82, 2.24) is 19.1 Å². The lowest BCUT2D eigenvalue weighted by molar-refractivity contribution is 0.111. The molecule has 2 aromatic heterocycles. The summed E-state index contributed by atoms with van der Waals surface area (Å²) < 4.78 is 3.78. The number of hydrogen-bond acceptors (Lipinski definition) is 3. The zero-order chi connectivity index (χ0) is 9.97. The van der Waals surface area contributed by atoms with Crippen molar-refractivity contribution >= 4 is 6.29 Å². The maximum Gasteiger partial charge on any atom is 0.169 e. The number of aromatic nitrogens is 4. The number of rotatable bonds is 3. The molecule has 0 aliphatic heterocycles. The fourth-order valence-electron chi connectivity index (χ4n) is 1.25. The van der Waals surface area contributed by atoms with E-state index >= 15 is 0 Å². The molecule has 0 aliphatic rings. The van der Waals surface area contributed by atoms with Crippen molar-refractivity contribution in [3.05, 3.63) is 36.4 Å². The van der Waals surface area contributed by atoms with Gasteiger partial charge in [0.25, 0.3) is 0 Å². The molecule has 0 saturated heterocycles. The van der Waals surface area contributed by atoms with Crippen LogP contribution in [0.15, 0.2) is 25.0 Å². The first-order valence-corrected chi connectivity index (χ1v) is 4.22. The van der Waals surface area contributed by atoms with Gasteiger partial charge in [0.2, 0.25) is 0 Å². The van der Waals surface area contributed by atoms with Gasteiger partial charge in [-0.05, 0) is 0 Å². The molecule has 0 N–H and O–H groups in total. The van der Waals surface area contributed by atoms with Crippen LogP contribution in [-0.4, -0.2) is 25.4 Å². The minimum Gasteiger partial charge on any atom is -0.336 e. The summed E-state index contributed by atoms with van der Waals surface area (Å²) in [7, 11) is 1.93. The number of aldehydes is 1. The molecule has 5 nitrogen and oxygen atoms in total. The molecule has 0 amide bonds. The van der Waals surface area contributed by atoms with Gasteiger partial charge in [0.05, 0.1) is 24.9 Å². The average Bonchev–Trinajstić information content (AvgIpc) is 2.77. The fraction of sp³-hybridized carbons (Fsp3) is 0.222. The normalized spacial score (nSPS) is 10.4. The molecule has 0 unspecified atom stereocenters. The Balaban J connectivity index is 2.18. The minimum absolute atomic E-state index is 0.451. The first-order valence-electron chi connectivity index (χ1n) is 4.22. The summed E-state index contributed by atoms with van der Waals surface area (Å²) in [6, 6.07) is 0. The van der Waals surface area contributed by atoms with Gasteiger partial charge >= 0.3 is 0 Å². The Morgan fingerprint density at radius 3 is 2.93 bits per heavy atom. The van der Waals surface area contributed by atoms with Crippen LogP contribution in [0.1, 0.15) is 16.2 Å². The molecule has 0 saturated carbocycles. The van der Waals surface area contributed by atoms with Gasteiger partial charge in [-0.2, -0.15) is 0 Å². The Labute approximate surface area is 81.0 Å². The van der Waals surface area contributed by atoms with E-state index in [2.05, 4.69) is 9.97 Å². The topological polar surface area (TPSA) is 52.7 Å². The summed E-state index contributed by atoms with van der Waals surface area (Å²) >= 11 is 0. The SMILES string of the molecule is Cn1cncc1Cn1cnc(C=O)c1. The van der Waals surface area contributed by atoms with Crippen LogP contribution in [0.25, 0.3) is 0 Å². The number of imidazole rings is 2. The number of carbonyl (C=O) groups excluding carboxylic acids is 1. The maximum atomic E-state index is 10.4. The minimum atomic E-state index is 0.451. The second-order valence-electron chi connectivity index (χ2n) is 3.08. The molecule has 14 heavy (non-hydrogen) atoms. The fourth-order valence-corrected chi connectivity index (χ4v) is 1.25. The van der Waals surface area contributed by atoms with Crippen LogP contribution in [-0.2, 0) is 13.6 Å². The Kier molecular flexibility index (Phi) is 2.14. The Morgan fingerprint density at radius 2 is 2.36 bits per heavy atom. The van der Waals surface area contributed by atoms with E-state index in [1.165, 1.54) is 0 Å². The van der Waals surface area contributed by atoms with Gasteiger partial charge in [-0.1, -0.05) is 0 Å². The van der Waals surface area contributed by atoms with Crippen LogP contribution in [0.2, 0.25) is 0 Å². The zero-order valence-electron chi connectivity index (χ0n) is 7.79. The Morgan fingerprint density at radius 1 is 1.50 bits per heavy atom. The maximum absolute atomic E-state index is 10.4. The molecular weight excluding hydrogens is 180 g/mol. The quantitative estimate of drug-likeness (QED) is 0.661. The molecule has 0 radical (unpaired) electrons. The van der Waals surface area contributed by atoms with Gasteiger partial charge in [0, 0.05) is 19.4 Å². The van der Waals surface area contributed by atoms with E-state index in [4.69, 9.17) is 0 Å². The first kappa shape index (κ1) is 8.68. The highest BCUT2D eigenvalue weighted by atomic mass is 16.1. The number of aryl methyl sites for hydroxylation is 1. The van der Waals surface area contributed by atoms with Gasteiger partial charge in [-0.25, -0.2) is 9.97 Å². The van der Waals surface area contributed by atoms with Crippen molar-refractivity contribution in [3.8, 4) is 0 Å². The third-order valence-electron chi connectivity index (χ3n) is 2.03. The van der Waals surface area contributed by atoms with Crippen molar-refractivity contribution < 1.29 is 4.79 Å². The molecule has 0 aromatic carbocycles. The standard InChI is InChI=1S/C9H10N4O/c1-12-6-10-2-9(12)4-13-3-8(5-14)11-7-13/h2-3,5-7H,4H2,1H3. The number of nitrogens with zero attached hydrogens (tertiary/aromatic N) is 4. The van der Waals surface area contributed by atoms with Crippen LogP contribution in [0, 0.1) is 0 Å². The van der Waals surface area contributed by atoms with Crippen molar-refractivity contribution in [3.63, 3.8) is 0 Å². The lowest BCUT2D eigenvalue weighted by Gasteiger charge is -2.01. The first-order chi connectivity index (χ1) is 6.79. The van der Waals surface area contributed by atoms with Crippen molar-refractivity contribution in [1.29, 1.82) is 0 Å². The van der Waals surface area contributed by atoms with E-state index in [-0.39, 0.29) is 0 Å². The third kappa shape index (κ3) is 1.56. The molecule has 2 rings (SSSR count). The molecule has 0 fully saturated rings. The van der Waals surface area contributed by atoms with Gasteiger partial charge in [-0.15, -0.1) is 0 Å². The van der Waals surface area contributed by atoms with E-state index in [1.807, 2.05) is 16.2 Å². The van der Waals surface area contributed by atoms with Crippen LogP contribution in [0.5, 0.6) is 0 Å². The van der Waals surface area contributed by atoms with Crippen molar-refractivity contribution in [2.24, 2.45) is 7.05 Å². The average molecular weight is 190 g/mol. The smallest absolute Gasteiger partial charge is 0.169 e. The van der Waals surface area contributed by atoms with E-state index in [9.17, 15) is 4.79 Å². The summed E-state index contributed by atoms with van der Waals surface area (Å²) in [4.78, 5) is 18.3. The molecule has 72 valence electrons. The summed E-state index contributed by atoms with van der Waals surface area (Å²) in [5, 5.41) is 0. The van der Waals surface area contributed by atoms with Gasteiger partial charge in [0.15, 0.2) is 6.29 Å². The lowest BCUT2D eigenvalue weighted by Crippen LogP contribution is -2.01. The van der Waals surface area contributed by atoms with Crippen molar-refractivity contribution in [2.75, 3.05) is 0 Å². The highest BCUT2D eigenvalue weighted by Crippen LogP contribution is 2.01. The van der Waals surface area contributed by atoms with Crippen LogP contribution in [0.3, 0.4) is 0 Å². The molecule has 2 heterocycles. The summed E-state index contributed by atoms with van der Waals surface area (Å²) in [6.45, 7) is 0.678. The summed E-state index contributed by atoms with van der Waals surface area (Å²) in [6.07, 6.45) is 7.62. The second-order valence-corrected chi connectivity index (χ2v) is 3.08. The van der Waals surface area contributed by atoms with E-state index < -0.39 is 0 Å². The lowest BCUT2D eigenvalue weighted by atomic mass is 10.4.